The Hall–Kier alpha value is -1.42. The summed E-state index contributed by atoms with van der Waals surface area (Å²) in [5, 5.41) is 2.94. The van der Waals surface area contributed by atoms with Crippen molar-refractivity contribution >= 4 is 5.91 Å². The molecule has 1 aromatic carbocycles. The Morgan fingerprint density at radius 1 is 1.53 bits per heavy atom. The van der Waals surface area contributed by atoms with Gasteiger partial charge in [0.2, 0.25) is 0 Å². The first-order chi connectivity index (χ1) is 9.10. The highest BCUT2D eigenvalue weighted by Crippen LogP contribution is 2.15. The van der Waals surface area contributed by atoms with E-state index in [4.69, 9.17) is 0 Å². The fourth-order valence-electron chi connectivity index (χ4n) is 2.49. The van der Waals surface area contributed by atoms with Gasteiger partial charge in [0.05, 0.1) is 0 Å². The average Bonchev–Trinajstić information content (AvgIpc) is 2.87. The smallest absolute Gasteiger partial charge is 0.251 e. The molecule has 0 saturated carbocycles. The summed E-state index contributed by atoms with van der Waals surface area (Å²) in [4.78, 5) is 14.4. The molecule has 1 aliphatic rings. The predicted octanol–water partition coefficient (Wildman–Crippen LogP) is 2.21. The average molecular weight is 264 g/mol. The molecule has 1 saturated heterocycles. The van der Waals surface area contributed by atoms with Crippen LogP contribution in [0.1, 0.15) is 29.3 Å². The topological polar surface area (TPSA) is 32.3 Å². The summed E-state index contributed by atoms with van der Waals surface area (Å²) in [6.07, 6.45) is 1.14. The van der Waals surface area contributed by atoms with E-state index in [9.17, 15) is 9.18 Å². The predicted molar refractivity (Wildman–Crippen MR) is 73.7 cm³/mol. The van der Waals surface area contributed by atoms with Crippen LogP contribution in [0.2, 0.25) is 0 Å². The third-order valence-electron chi connectivity index (χ3n) is 3.79. The quantitative estimate of drug-likeness (QED) is 0.904. The van der Waals surface area contributed by atoms with E-state index >= 15 is 0 Å². The van der Waals surface area contributed by atoms with Gasteiger partial charge in [-0.1, -0.05) is 6.92 Å². The summed E-state index contributed by atoms with van der Waals surface area (Å²) in [7, 11) is 0. The van der Waals surface area contributed by atoms with Crippen LogP contribution in [0.25, 0.3) is 0 Å². The Bertz CT molecular complexity index is 461. The molecule has 0 aliphatic carbocycles. The van der Waals surface area contributed by atoms with Crippen molar-refractivity contribution in [2.45, 2.75) is 20.3 Å². The van der Waals surface area contributed by atoms with E-state index in [1.165, 1.54) is 12.1 Å². The van der Waals surface area contributed by atoms with Crippen molar-refractivity contribution in [1.29, 1.82) is 0 Å². The SMILES string of the molecule is CCN1CCC(CNC(=O)c2ccc(F)c(C)c2)C1. The lowest BCUT2D eigenvalue weighted by molar-refractivity contribution is 0.0947. The van der Waals surface area contributed by atoms with Gasteiger partial charge in [0.25, 0.3) is 5.91 Å². The van der Waals surface area contributed by atoms with Crippen molar-refractivity contribution in [3.8, 4) is 0 Å². The molecule has 3 nitrogen and oxygen atoms in total. The van der Waals surface area contributed by atoms with Gasteiger partial charge in [0.1, 0.15) is 5.82 Å². The zero-order valence-corrected chi connectivity index (χ0v) is 11.6. The van der Waals surface area contributed by atoms with Gasteiger partial charge in [-0.25, -0.2) is 4.39 Å². The van der Waals surface area contributed by atoms with Gasteiger partial charge in [0.15, 0.2) is 0 Å². The van der Waals surface area contributed by atoms with E-state index in [1.54, 1.807) is 13.0 Å². The van der Waals surface area contributed by atoms with Gasteiger partial charge < -0.3 is 10.2 Å². The molecule has 4 heteroatoms. The first-order valence-corrected chi connectivity index (χ1v) is 6.87. The Balaban J connectivity index is 1.86. The number of carbonyl (C=O) groups excluding carboxylic acids is 1. The number of aryl methyl sites for hydroxylation is 1. The van der Waals surface area contributed by atoms with E-state index < -0.39 is 0 Å². The minimum atomic E-state index is -0.272. The molecular weight excluding hydrogens is 243 g/mol. The zero-order valence-electron chi connectivity index (χ0n) is 11.6. The molecule has 1 heterocycles. The second kappa shape index (κ2) is 6.15. The second-order valence-corrected chi connectivity index (χ2v) is 5.22. The Morgan fingerprint density at radius 3 is 2.95 bits per heavy atom. The highest BCUT2D eigenvalue weighted by molar-refractivity contribution is 5.94. The lowest BCUT2D eigenvalue weighted by atomic mass is 10.1. The molecule has 0 bridgehead atoms. The first-order valence-electron chi connectivity index (χ1n) is 6.87. The van der Waals surface area contributed by atoms with Crippen LogP contribution >= 0.6 is 0 Å². The number of hydrogen-bond acceptors (Lipinski definition) is 2. The molecule has 1 atom stereocenters. The van der Waals surface area contributed by atoms with Gasteiger partial charge in [-0.2, -0.15) is 0 Å². The van der Waals surface area contributed by atoms with Crippen LogP contribution in [0.4, 0.5) is 4.39 Å². The first kappa shape index (κ1) is 14.0. The van der Waals surface area contributed by atoms with Crippen LogP contribution in [0.15, 0.2) is 18.2 Å². The number of hydrogen-bond donors (Lipinski definition) is 1. The van der Waals surface area contributed by atoms with Crippen LogP contribution < -0.4 is 5.32 Å². The van der Waals surface area contributed by atoms with Crippen molar-refractivity contribution in [1.82, 2.24) is 10.2 Å². The van der Waals surface area contributed by atoms with Crippen molar-refractivity contribution < 1.29 is 9.18 Å². The summed E-state index contributed by atoms with van der Waals surface area (Å²) < 4.78 is 13.1. The number of halogens is 1. The standard InChI is InChI=1S/C15H21FN2O/c1-3-18-7-6-12(10-18)9-17-15(19)13-4-5-14(16)11(2)8-13/h4-5,8,12H,3,6-7,9-10H2,1-2H3,(H,17,19). The summed E-state index contributed by atoms with van der Waals surface area (Å²) >= 11 is 0. The van der Waals surface area contributed by atoms with Crippen LogP contribution in [0.5, 0.6) is 0 Å². The number of rotatable bonds is 4. The van der Waals surface area contributed by atoms with Crippen LogP contribution in [0.3, 0.4) is 0 Å². The van der Waals surface area contributed by atoms with Gasteiger partial charge in [0, 0.05) is 18.7 Å². The number of carbonyl (C=O) groups is 1. The number of nitrogens with one attached hydrogen (secondary N) is 1. The van der Waals surface area contributed by atoms with Crippen LogP contribution in [0, 0.1) is 18.7 Å². The van der Waals surface area contributed by atoms with Gasteiger partial charge in [-0.3, -0.25) is 4.79 Å². The largest absolute Gasteiger partial charge is 0.352 e. The number of amides is 1. The van der Waals surface area contributed by atoms with Crippen molar-refractivity contribution in [2.24, 2.45) is 5.92 Å². The van der Waals surface area contributed by atoms with E-state index in [0.717, 1.165) is 26.1 Å². The zero-order chi connectivity index (χ0) is 13.8. The van der Waals surface area contributed by atoms with Crippen molar-refractivity contribution in [3.05, 3.63) is 35.1 Å². The molecular formula is C15H21FN2O. The molecule has 1 N–H and O–H groups in total. The monoisotopic (exact) mass is 264 g/mol. The molecule has 1 aromatic rings. The molecule has 1 amide bonds. The maximum Gasteiger partial charge on any atom is 0.251 e. The van der Waals surface area contributed by atoms with Gasteiger partial charge >= 0.3 is 0 Å². The summed E-state index contributed by atoms with van der Waals surface area (Å²) in [5.41, 5.74) is 1.04. The summed E-state index contributed by atoms with van der Waals surface area (Å²) in [6.45, 7) is 7.77. The lowest BCUT2D eigenvalue weighted by Crippen LogP contribution is -2.31. The highest BCUT2D eigenvalue weighted by atomic mass is 19.1. The minimum absolute atomic E-state index is 0.113. The van der Waals surface area contributed by atoms with E-state index in [1.807, 2.05) is 0 Å². The molecule has 0 aromatic heterocycles. The molecule has 104 valence electrons. The maximum absolute atomic E-state index is 13.1. The fourth-order valence-corrected chi connectivity index (χ4v) is 2.49. The van der Waals surface area contributed by atoms with Crippen LogP contribution in [-0.2, 0) is 0 Å². The highest BCUT2D eigenvalue weighted by Gasteiger charge is 2.21. The molecule has 0 radical (unpaired) electrons. The Labute approximate surface area is 113 Å². The molecule has 0 spiro atoms. The molecule has 19 heavy (non-hydrogen) atoms. The minimum Gasteiger partial charge on any atom is -0.352 e. The number of benzene rings is 1. The van der Waals surface area contributed by atoms with Gasteiger partial charge in [-0.15, -0.1) is 0 Å². The Morgan fingerprint density at radius 2 is 2.32 bits per heavy atom. The third-order valence-corrected chi connectivity index (χ3v) is 3.79. The summed E-state index contributed by atoms with van der Waals surface area (Å²) in [5.74, 6) is 0.148. The van der Waals surface area contributed by atoms with E-state index in [0.29, 0.717) is 23.6 Å². The summed E-state index contributed by atoms with van der Waals surface area (Å²) in [6, 6.07) is 4.47. The van der Waals surface area contributed by atoms with E-state index in [2.05, 4.69) is 17.1 Å². The van der Waals surface area contributed by atoms with Gasteiger partial charge in [-0.05, 0) is 56.1 Å². The fraction of sp³-hybridized carbons (Fsp3) is 0.533. The van der Waals surface area contributed by atoms with Crippen molar-refractivity contribution in [2.75, 3.05) is 26.2 Å². The molecule has 2 rings (SSSR count). The molecule has 1 aliphatic heterocycles. The molecule has 1 fully saturated rings. The maximum atomic E-state index is 13.1. The lowest BCUT2D eigenvalue weighted by Gasteiger charge is -2.14. The third kappa shape index (κ3) is 3.53. The number of nitrogens with zero attached hydrogens (tertiary/aromatic N) is 1. The van der Waals surface area contributed by atoms with Crippen molar-refractivity contribution in [3.63, 3.8) is 0 Å². The normalized spacial score (nSPS) is 19.6. The molecule has 1 unspecified atom stereocenters. The second-order valence-electron chi connectivity index (χ2n) is 5.22. The van der Waals surface area contributed by atoms with E-state index in [-0.39, 0.29) is 11.7 Å². The van der Waals surface area contributed by atoms with Crippen LogP contribution in [-0.4, -0.2) is 37.0 Å². The Kier molecular flexibility index (Phi) is 4.53. The number of likely N-dealkylation sites (tertiary alicyclic amines) is 1.